The first kappa shape index (κ1) is 16.6. The molecule has 0 aromatic carbocycles. The van der Waals surface area contributed by atoms with Crippen molar-refractivity contribution in [3.63, 3.8) is 0 Å². The lowest BCUT2D eigenvalue weighted by Gasteiger charge is -2.09. The minimum Gasteiger partial charge on any atom is -0.350 e. The van der Waals surface area contributed by atoms with Crippen LogP contribution >= 0.6 is 11.3 Å². The summed E-state index contributed by atoms with van der Waals surface area (Å²) >= 11 is 1.48. The molecule has 0 radical (unpaired) electrons. The van der Waals surface area contributed by atoms with Gasteiger partial charge in [0, 0.05) is 31.4 Å². The third kappa shape index (κ3) is 4.89. The zero-order chi connectivity index (χ0) is 15.9. The van der Waals surface area contributed by atoms with E-state index in [0.717, 1.165) is 40.7 Å². The quantitative estimate of drug-likeness (QED) is 0.847. The summed E-state index contributed by atoms with van der Waals surface area (Å²) in [6.07, 6.45) is 3.45. The van der Waals surface area contributed by atoms with Gasteiger partial charge in [0.2, 0.25) is 0 Å². The molecule has 1 N–H and O–H groups in total. The fourth-order valence-electron chi connectivity index (χ4n) is 2.02. The molecule has 0 saturated heterocycles. The second-order valence-electron chi connectivity index (χ2n) is 5.40. The molecule has 5 nitrogen and oxygen atoms in total. The number of aryl methyl sites for hydroxylation is 3. The number of thiazole rings is 1. The van der Waals surface area contributed by atoms with Gasteiger partial charge in [0.05, 0.1) is 10.7 Å². The molecule has 2 heterocycles. The number of hydrogen-bond acceptors (Lipinski definition) is 5. The van der Waals surface area contributed by atoms with Crippen molar-refractivity contribution in [3.05, 3.63) is 45.7 Å². The van der Waals surface area contributed by atoms with E-state index in [9.17, 15) is 4.79 Å². The minimum atomic E-state index is -0.0269. The van der Waals surface area contributed by atoms with Crippen molar-refractivity contribution in [2.75, 3.05) is 27.2 Å². The van der Waals surface area contributed by atoms with Crippen LogP contribution in [0.5, 0.6) is 0 Å². The van der Waals surface area contributed by atoms with E-state index in [0.29, 0.717) is 6.54 Å². The van der Waals surface area contributed by atoms with E-state index in [1.807, 2.05) is 44.1 Å². The Morgan fingerprint density at radius 2 is 2.14 bits per heavy atom. The minimum absolute atomic E-state index is 0.0269. The predicted molar refractivity (Wildman–Crippen MR) is 89.4 cm³/mol. The number of aromatic nitrogens is 2. The number of carbonyl (C=O) groups excluding carboxylic acids is 1. The number of nitrogens with one attached hydrogen (secondary N) is 1. The number of pyridine rings is 1. The first-order chi connectivity index (χ1) is 10.6. The summed E-state index contributed by atoms with van der Waals surface area (Å²) in [5.41, 5.74) is 1.86. The van der Waals surface area contributed by atoms with E-state index >= 15 is 0 Å². The third-order valence-corrected chi connectivity index (χ3v) is 4.43. The Labute approximate surface area is 135 Å². The lowest BCUT2D eigenvalue weighted by molar-refractivity contribution is 0.0954. The number of likely N-dealkylation sites (N-methyl/N-ethyl adjacent to an activating group) is 1. The molecule has 0 saturated carbocycles. The van der Waals surface area contributed by atoms with Crippen molar-refractivity contribution >= 4 is 17.2 Å². The fraction of sp³-hybridized carbons (Fsp3) is 0.438. The van der Waals surface area contributed by atoms with Crippen LogP contribution in [-0.2, 0) is 12.8 Å². The molecule has 0 aliphatic carbocycles. The van der Waals surface area contributed by atoms with Crippen molar-refractivity contribution in [1.29, 1.82) is 0 Å². The molecule has 0 bridgehead atoms. The highest BCUT2D eigenvalue weighted by Crippen LogP contribution is 2.19. The van der Waals surface area contributed by atoms with Crippen molar-refractivity contribution in [2.45, 2.75) is 19.8 Å². The molecule has 1 amide bonds. The largest absolute Gasteiger partial charge is 0.350 e. The van der Waals surface area contributed by atoms with Gasteiger partial charge in [-0.05, 0) is 39.6 Å². The molecule has 0 aliphatic heterocycles. The maximum atomic E-state index is 12.2. The molecule has 118 valence electrons. The SMILES string of the molecule is Cc1nc(CCc2ccccn2)sc1C(=O)NCCN(C)C. The van der Waals surface area contributed by atoms with E-state index in [1.165, 1.54) is 11.3 Å². The van der Waals surface area contributed by atoms with Gasteiger partial charge in [0.25, 0.3) is 5.91 Å². The Morgan fingerprint density at radius 3 is 2.82 bits per heavy atom. The van der Waals surface area contributed by atoms with Gasteiger partial charge in [0.1, 0.15) is 4.88 Å². The van der Waals surface area contributed by atoms with Crippen molar-refractivity contribution in [2.24, 2.45) is 0 Å². The summed E-state index contributed by atoms with van der Waals surface area (Å²) in [5, 5.41) is 3.92. The van der Waals surface area contributed by atoms with Crippen LogP contribution in [-0.4, -0.2) is 48.0 Å². The number of carbonyl (C=O) groups is 1. The van der Waals surface area contributed by atoms with Crippen molar-refractivity contribution in [1.82, 2.24) is 20.2 Å². The van der Waals surface area contributed by atoms with Crippen LogP contribution in [0.25, 0.3) is 0 Å². The smallest absolute Gasteiger partial charge is 0.263 e. The molecule has 0 spiro atoms. The Balaban J connectivity index is 1.91. The summed E-state index contributed by atoms with van der Waals surface area (Å²) in [6.45, 7) is 3.37. The van der Waals surface area contributed by atoms with Crippen LogP contribution in [0.2, 0.25) is 0 Å². The van der Waals surface area contributed by atoms with Gasteiger partial charge in [-0.3, -0.25) is 9.78 Å². The zero-order valence-corrected chi connectivity index (χ0v) is 14.1. The highest BCUT2D eigenvalue weighted by atomic mass is 32.1. The van der Waals surface area contributed by atoms with Gasteiger partial charge in [-0.25, -0.2) is 4.98 Å². The highest BCUT2D eigenvalue weighted by molar-refractivity contribution is 7.13. The molecule has 2 rings (SSSR count). The van der Waals surface area contributed by atoms with Gasteiger partial charge in [-0.15, -0.1) is 11.3 Å². The molecule has 22 heavy (non-hydrogen) atoms. The first-order valence-electron chi connectivity index (χ1n) is 7.35. The Morgan fingerprint density at radius 1 is 1.32 bits per heavy atom. The fourth-order valence-corrected chi connectivity index (χ4v) is 3.00. The lowest BCUT2D eigenvalue weighted by atomic mass is 10.2. The summed E-state index contributed by atoms with van der Waals surface area (Å²) in [5.74, 6) is -0.0269. The average Bonchev–Trinajstić information content (AvgIpc) is 2.87. The van der Waals surface area contributed by atoms with Crippen LogP contribution in [0.3, 0.4) is 0 Å². The summed E-state index contributed by atoms with van der Waals surface area (Å²) in [7, 11) is 3.97. The summed E-state index contributed by atoms with van der Waals surface area (Å²) < 4.78 is 0. The molecule has 2 aromatic heterocycles. The zero-order valence-electron chi connectivity index (χ0n) is 13.3. The molecular formula is C16H22N4OS. The molecule has 2 aromatic rings. The van der Waals surface area contributed by atoms with E-state index in [-0.39, 0.29) is 5.91 Å². The average molecular weight is 318 g/mol. The van der Waals surface area contributed by atoms with Gasteiger partial charge in [0.15, 0.2) is 0 Å². The number of hydrogen-bond donors (Lipinski definition) is 1. The third-order valence-electron chi connectivity index (χ3n) is 3.21. The number of rotatable bonds is 7. The number of nitrogens with zero attached hydrogens (tertiary/aromatic N) is 3. The molecule has 6 heteroatoms. The van der Waals surface area contributed by atoms with Gasteiger partial charge in [-0.1, -0.05) is 6.07 Å². The lowest BCUT2D eigenvalue weighted by Crippen LogP contribution is -2.31. The predicted octanol–water partition coefficient (Wildman–Crippen LogP) is 1.92. The standard InChI is InChI=1S/C16H22N4OS/c1-12-15(16(21)18-10-11-20(2)3)22-14(19-12)8-7-13-6-4-5-9-17-13/h4-6,9H,7-8,10-11H2,1-3H3,(H,18,21). The van der Waals surface area contributed by atoms with Gasteiger partial charge in [-0.2, -0.15) is 0 Å². The van der Waals surface area contributed by atoms with Crippen LogP contribution < -0.4 is 5.32 Å². The van der Waals surface area contributed by atoms with Crippen LogP contribution in [0.4, 0.5) is 0 Å². The van der Waals surface area contributed by atoms with E-state index in [2.05, 4.69) is 15.3 Å². The van der Waals surface area contributed by atoms with Crippen LogP contribution in [0, 0.1) is 6.92 Å². The van der Waals surface area contributed by atoms with E-state index in [1.54, 1.807) is 6.20 Å². The number of amides is 1. The first-order valence-corrected chi connectivity index (χ1v) is 8.17. The van der Waals surface area contributed by atoms with E-state index < -0.39 is 0 Å². The Bertz CT molecular complexity index is 610. The second kappa shape index (κ2) is 8.00. The normalized spacial score (nSPS) is 10.9. The maximum absolute atomic E-state index is 12.2. The monoisotopic (exact) mass is 318 g/mol. The van der Waals surface area contributed by atoms with Crippen LogP contribution in [0.1, 0.15) is 26.1 Å². The molecule has 0 fully saturated rings. The second-order valence-corrected chi connectivity index (χ2v) is 6.49. The van der Waals surface area contributed by atoms with Gasteiger partial charge < -0.3 is 10.2 Å². The Hall–Kier alpha value is -1.79. The summed E-state index contributed by atoms with van der Waals surface area (Å²) in [4.78, 5) is 23.7. The van der Waals surface area contributed by atoms with Gasteiger partial charge >= 0.3 is 0 Å². The molecule has 0 aliphatic rings. The summed E-state index contributed by atoms with van der Waals surface area (Å²) in [6, 6.07) is 5.90. The van der Waals surface area contributed by atoms with E-state index in [4.69, 9.17) is 0 Å². The highest BCUT2D eigenvalue weighted by Gasteiger charge is 2.15. The Kier molecular flexibility index (Phi) is 6.03. The van der Waals surface area contributed by atoms with Crippen LogP contribution in [0.15, 0.2) is 24.4 Å². The molecular weight excluding hydrogens is 296 g/mol. The van der Waals surface area contributed by atoms with Crippen molar-refractivity contribution in [3.8, 4) is 0 Å². The van der Waals surface area contributed by atoms with Crippen molar-refractivity contribution < 1.29 is 4.79 Å². The molecule has 0 unspecified atom stereocenters. The topological polar surface area (TPSA) is 58.1 Å². The maximum Gasteiger partial charge on any atom is 0.263 e. The molecule has 0 atom stereocenters.